The highest BCUT2D eigenvalue weighted by molar-refractivity contribution is 5.80. The quantitative estimate of drug-likeness (QED) is 0.695. The molecule has 1 N–H and O–H groups in total. The summed E-state index contributed by atoms with van der Waals surface area (Å²) >= 11 is 0. The van der Waals surface area contributed by atoms with Crippen LogP contribution >= 0.6 is 0 Å². The van der Waals surface area contributed by atoms with Crippen LogP contribution in [0.2, 0.25) is 0 Å². The van der Waals surface area contributed by atoms with Gasteiger partial charge in [0.05, 0.1) is 11.7 Å². The predicted molar refractivity (Wildman–Crippen MR) is 113 cm³/mol. The molecule has 1 aliphatic carbocycles. The number of aryl methyl sites for hydroxylation is 1. The van der Waals surface area contributed by atoms with Gasteiger partial charge < -0.3 is 10.2 Å². The van der Waals surface area contributed by atoms with E-state index in [2.05, 4.69) is 20.1 Å². The molecule has 5 rings (SSSR count). The molecule has 2 fully saturated rings. The first-order valence-corrected chi connectivity index (χ1v) is 10.4. The molecule has 8 heteroatoms. The Hall–Kier alpha value is -2.87. The molecule has 0 spiro atoms. The SMILES string of the molecule is Cc1cc2nc(N3CCN(Cc4ccc(F)cc4F)CC3)c(NC3CC3)nc2cn1. The van der Waals surface area contributed by atoms with Crippen molar-refractivity contribution in [2.45, 2.75) is 32.4 Å². The number of hydrogen-bond acceptors (Lipinski definition) is 6. The minimum atomic E-state index is -0.544. The van der Waals surface area contributed by atoms with Crippen LogP contribution < -0.4 is 10.2 Å². The Kier molecular flexibility index (Phi) is 4.94. The van der Waals surface area contributed by atoms with Crippen LogP contribution in [0.3, 0.4) is 0 Å². The average Bonchev–Trinajstić information content (AvgIpc) is 3.54. The molecular formula is C22H24F2N6. The van der Waals surface area contributed by atoms with E-state index in [1.54, 1.807) is 6.20 Å². The van der Waals surface area contributed by atoms with Gasteiger partial charge in [-0.25, -0.2) is 18.7 Å². The Morgan fingerprint density at radius 2 is 1.83 bits per heavy atom. The molecule has 6 nitrogen and oxygen atoms in total. The van der Waals surface area contributed by atoms with Crippen LogP contribution in [-0.4, -0.2) is 52.1 Å². The minimum Gasteiger partial charge on any atom is -0.364 e. The fourth-order valence-electron chi connectivity index (χ4n) is 3.80. The fourth-order valence-corrected chi connectivity index (χ4v) is 3.80. The van der Waals surface area contributed by atoms with Gasteiger partial charge in [0.25, 0.3) is 0 Å². The number of piperazine rings is 1. The maximum atomic E-state index is 14.0. The monoisotopic (exact) mass is 410 g/mol. The maximum Gasteiger partial charge on any atom is 0.172 e. The van der Waals surface area contributed by atoms with E-state index in [9.17, 15) is 8.78 Å². The maximum absolute atomic E-state index is 14.0. The van der Waals surface area contributed by atoms with Gasteiger partial charge in [0.1, 0.15) is 17.2 Å². The number of anilines is 2. The molecule has 3 heterocycles. The zero-order valence-electron chi connectivity index (χ0n) is 16.9. The molecule has 3 aromatic rings. The van der Waals surface area contributed by atoms with E-state index in [1.807, 2.05) is 13.0 Å². The van der Waals surface area contributed by atoms with E-state index in [4.69, 9.17) is 9.97 Å². The van der Waals surface area contributed by atoms with Crippen molar-refractivity contribution < 1.29 is 8.78 Å². The number of benzene rings is 1. The van der Waals surface area contributed by atoms with Gasteiger partial charge in [-0.15, -0.1) is 0 Å². The number of rotatable bonds is 5. The van der Waals surface area contributed by atoms with Crippen LogP contribution in [0.15, 0.2) is 30.5 Å². The number of hydrogen-bond donors (Lipinski definition) is 1. The lowest BCUT2D eigenvalue weighted by atomic mass is 10.1. The summed E-state index contributed by atoms with van der Waals surface area (Å²) in [7, 11) is 0. The van der Waals surface area contributed by atoms with Crippen molar-refractivity contribution in [2.75, 3.05) is 36.4 Å². The third-order valence-electron chi connectivity index (χ3n) is 5.67. The Bertz CT molecular complexity index is 1080. The highest BCUT2D eigenvalue weighted by atomic mass is 19.1. The lowest BCUT2D eigenvalue weighted by Gasteiger charge is -2.36. The van der Waals surface area contributed by atoms with Gasteiger partial charge in [-0.3, -0.25) is 9.88 Å². The topological polar surface area (TPSA) is 57.2 Å². The zero-order chi connectivity index (χ0) is 20.7. The summed E-state index contributed by atoms with van der Waals surface area (Å²) in [6.07, 6.45) is 4.08. The Labute approximate surface area is 174 Å². The van der Waals surface area contributed by atoms with Crippen molar-refractivity contribution in [2.24, 2.45) is 0 Å². The zero-order valence-corrected chi connectivity index (χ0v) is 16.9. The number of halogens is 2. The summed E-state index contributed by atoms with van der Waals surface area (Å²) in [6.45, 7) is 5.51. The fraction of sp³-hybridized carbons (Fsp3) is 0.409. The van der Waals surface area contributed by atoms with Gasteiger partial charge in [-0.05, 0) is 31.9 Å². The van der Waals surface area contributed by atoms with Gasteiger partial charge >= 0.3 is 0 Å². The second-order valence-corrected chi connectivity index (χ2v) is 8.13. The first-order valence-electron chi connectivity index (χ1n) is 10.4. The van der Waals surface area contributed by atoms with Crippen molar-refractivity contribution in [3.05, 3.63) is 53.4 Å². The van der Waals surface area contributed by atoms with Crippen LogP contribution in [0.5, 0.6) is 0 Å². The van der Waals surface area contributed by atoms with E-state index >= 15 is 0 Å². The third kappa shape index (κ3) is 4.05. The first kappa shape index (κ1) is 19.1. The summed E-state index contributed by atoms with van der Waals surface area (Å²) in [6, 6.07) is 6.21. The van der Waals surface area contributed by atoms with Crippen molar-refractivity contribution in [3.63, 3.8) is 0 Å². The molecular weight excluding hydrogens is 386 g/mol. The van der Waals surface area contributed by atoms with E-state index in [1.165, 1.54) is 12.1 Å². The lowest BCUT2D eigenvalue weighted by molar-refractivity contribution is 0.246. The third-order valence-corrected chi connectivity index (χ3v) is 5.67. The molecule has 1 saturated carbocycles. The van der Waals surface area contributed by atoms with Crippen LogP contribution in [0.25, 0.3) is 11.0 Å². The molecule has 1 aliphatic heterocycles. The van der Waals surface area contributed by atoms with Gasteiger partial charge in [0, 0.05) is 56.1 Å². The number of pyridine rings is 1. The van der Waals surface area contributed by atoms with Crippen LogP contribution in [0.1, 0.15) is 24.1 Å². The number of fused-ring (bicyclic) bond motifs is 1. The summed E-state index contributed by atoms with van der Waals surface area (Å²) < 4.78 is 27.2. The molecule has 1 aromatic carbocycles. The van der Waals surface area contributed by atoms with Crippen molar-refractivity contribution >= 4 is 22.7 Å². The van der Waals surface area contributed by atoms with E-state index in [0.717, 1.165) is 73.5 Å². The molecule has 0 radical (unpaired) electrons. The highest BCUT2D eigenvalue weighted by Gasteiger charge is 2.27. The molecule has 2 aromatic heterocycles. The molecule has 156 valence electrons. The van der Waals surface area contributed by atoms with Gasteiger partial charge in [0.2, 0.25) is 0 Å². The molecule has 1 saturated heterocycles. The molecule has 30 heavy (non-hydrogen) atoms. The van der Waals surface area contributed by atoms with Gasteiger partial charge in [-0.1, -0.05) is 6.07 Å². The number of aromatic nitrogens is 3. The Balaban J connectivity index is 1.34. The lowest BCUT2D eigenvalue weighted by Crippen LogP contribution is -2.46. The van der Waals surface area contributed by atoms with Crippen LogP contribution in [0, 0.1) is 18.6 Å². The molecule has 0 amide bonds. The average molecular weight is 410 g/mol. The molecule has 0 atom stereocenters. The molecule has 0 bridgehead atoms. The second-order valence-electron chi connectivity index (χ2n) is 8.13. The highest BCUT2D eigenvalue weighted by Crippen LogP contribution is 2.31. The van der Waals surface area contributed by atoms with Crippen molar-refractivity contribution in [1.29, 1.82) is 0 Å². The van der Waals surface area contributed by atoms with Crippen LogP contribution in [0.4, 0.5) is 20.4 Å². The van der Waals surface area contributed by atoms with Crippen LogP contribution in [-0.2, 0) is 6.54 Å². The second kappa shape index (κ2) is 7.75. The predicted octanol–water partition coefficient (Wildman–Crippen LogP) is 3.51. The largest absolute Gasteiger partial charge is 0.364 e. The normalized spacial score (nSPS) is 17.5. The number of nitrogens with one attached hydrogen (secondary N) is 1. The summed E-state index contributed by atoms with van der Waals surface area (Å²) in [5, 5.41) is 3.51. The van der Waals surface area contributed by atoms with E-state index in [0.29, 0.717) is 18.2 Å². The summed E-state index contributed by atoms with van der Waals surface area (Å²) in [5.74, 6) is 0.649. The summed E-state index contributed by atoms with van der Waals surface area (Å²) in [4.78, 5) is 18.5. The van der Waals surface area contributed by atoms with Gasteiger partial charge in [0.15, 0.2) is 11.6 Å². The Morgan fingerprint density at radius 3 is 2.57 bits per heavy atom. The standard InChI is InChI=1S/C22H24F2N6/c1-14-10-19-20(12-25-14)27-21(26-17-4-5-17)22(28-19)30-8-6-29(7-9-30)13-15-2-3-16(23)11-18(15)24/h2-3,10-12,17H,4-9,13H2,1H3,(H,26,27). The van der Waals surface area contributed by atoms with Crippen molar-refractivity contribution in [3.8, 4) is 0 Å². The van der Waals surface area contributed by atoms with E-state index in [-0.39, 0.29) is 0 Å². The molecule has 0 unspecified atom stereocenters. The van der Waals surface area contributed by atoms with Crippen molar-refractivity contribution in [1.82, 2.24) is 19.9 Å². The molecule has 2 aliphatic rings. The minimum absolute atomic E-state index is 0.469. The number of nitrogens with zero attached hydrogens (tertiary/aromatic N) is 5. The Morgan fingerprint density at radius 1 is 1.03 bits per heavy atom. The first-order chi connectivity index (χ1) is 14.5. The smallest absolute Gasteiger partial charge is 0.172 e. The summed E-state index contributed by atoms with van der Waals surface area (Å²) in [5.41, 5.74) is 3.07. The van der Waals surface area contributed by atoms with Gasteiger partial charge in [-0.2, -0.15) is 0 Å². The van der Waals surface area contributed by atoms with E-state index < -0.39 is 11.6 Å².